The Morgan fingerprint density at radius 3 is 2.93 bits per heavy atom. The molecule has 0 aromatic heterocycles. The van der Waals surface area contributed by atoms with Crippen LogP contribution < -0.4 is 0 Å². The van der Waals surface area contributed by atoms with E-state index in [2.05, 4.69) is 6.92 Å². The second-order valence-electron chi connectivity index (χ2n) is 4.58. The van der Waals surface area contributed by atoms with Gasteiger partial charge in [0.15, 0.2) is 0 Å². The van der Waals surface area contributed by atoms with Crippen molar-refractivity contribution in [2.75, 3.05) is 6.54 Å². The van der Waals surface area contributed by atoms with Gasteiger partial charge in [0.1, 0.15) is 0 Å². The summed E-state index contributed by atoms with van der Waals surface area (Å²) in [5, 5.41) is 10.4. The van der Waals surface area contributed by atoms with Crippen molar-refractivity contribution >= 4 is 5.91 Å². The Morgan fingerprint density at radius 2 is 2.20 bits per heavy atom. The molecule has 1 rings (SSSR count). The third kappa shape index (κ3) is 4.65. The summed E-state index contributed by atoms with van der Waals surface area (Å²) < 4.78 is 0. The summed E-state index contributed by atoms with van der Waals surface area (Å²) in [6.07, 6.45) is 8.48. The fourth-order valence-corrected chi connectivity index (χ4v) is 2.19. The summed E-state index contributed by atoms with van der Waals surface area (Å²) in [4.78, 5) is 11.6. The zero-order chi connectivity index (χ0) is 11.1. The van der Waals surface area contributed by atoms with Crippen LogP contribution in [0.1, 0.15) is 58.3 Å². The van der Waals surface area contributed by atoms with Gasteiger partial charge in [0.05, 0.1) is 0 Å². The third-order valence-corrected chi connectivity index (χ3v) is 3.20. The maximum absolute atomic E-state index is 11.6. The van der Waals surface area contributed by atoms with Crippen LogP contribution >= 0.6 is 0 Å². The molecule has 1 aliphatic heterocycles. The van der Waals surface area contributed by atoms with Gasteiger partial charge in [-0.05, 0) is 25.2 Å². The first kappa shape index (κ1) is 12.5. The van der Waals surface area contributed by atoms with E-state index in [1.54, 1.807) is 0 Å². The van der Waals surface area contributed by atoms with E-state index in [4.69, 9.17) is 0 Å². The van der Waals surface area contributed by atoms with E-state index >= 15 is 0 Å². The highest BCUT2D eigenvalue weighted by molar-refractivity contribution is 5.75. The van der Waals surface area contributed by atoms with Crippen LogP contribution in [0.25, 0.3) is 0 Å². The highest BCUT2D eigenvalue weighted by Crippen LogP contribution is 2.22. The smallest absolute Gasteiger partial charge is 0.246 e. The van der Waals surface area contributed by atoms with Crippen molar-refractivity contribution in [2.24, 2.45) is 5.92 Å². The SMILES string of the molecule is CCCCC1CCCCCN(O)C(=O)C1. The minimum absolute atomic E-state index is 0.0852. The number of carbonyl (C=O) groups excluding carboxylic acids is 1. The molecule has 1 atom stereocenters. The third-order valence-electron chi connectivity index (χ3n) is 3.20. The van der Waals surface area contributed by atoms with Gasteiger partial charge in [-0.3, -0.25) is 10.0 Å². The summed E-state index contributed by atoms with van der Waals surface area (Å²) >= 11 is 0. The van der Waals surface area contributed by atoms with Crippen molar-refractivity contribution in [2.45, 2.75) is 58.3 Å². The topological polar surface area (TPSA) is 40.5 Å². The van der Waals surface area contributed by atoms with Gasteiger partial charge in [-0.1, -0.05) is 32.6 Å². The first-order valence-corrected chi connectivity index (χ1v) is 6.23. The normalized spacial score (nSPS) is 24.5. The molecule has 0 aromatic rings. The van der Waals surface area contributed by atoms with Crippen LogP contribution in [0.3, 0.4) is 0 Å². The zero-order valence-electron chi connectivity index (χ0n) is 9.74. The number of hydrogen-bond donors (Lipinski definition) is 1. The van der Waals surface area contributed by atoms with Gasteiger partial charge in [0.25, 0.3) is 0 Å². The molecule has 3 nitrogen and oxygen atoms in total. The lowest BCUT2D eigenvalue weighted by molar-refractivity contribution is -0.166. The van der Waals surface area contributed by atoms with E-state index < -0.39 is 0 Å². The lowest BCUT2D eigenvalue weighted by Crippen LogP contribution is -2.29. The molecular weight excluding hydrogens is 190 g/mol. The molecule has 0 saturated carbocycles. The Labute approximate surface area is 92.4 Å². The fourth-order valence-electron chi connectivity index (χ4n) is 2.19. The largest absolute Gasteiger partial charge is 0.286 e. The Balaban J connectivity index is 2.43. The minimum Gasteiger partial charge on any atom is -0.286 e. The quantitative estimate of drug-likeness (QED) is 0.732. The molecule has 1 unspecified atom stereocenters. The summed E-state index contributed by atoms with van der Waals surface area (Å²) in [5.74, 6) is 0.406. The minimum atomic E-state index is -0.0852. The second-order valence-corrected chi connectivity index (χ2v) is 4.58. The molecular formula is C12H23NO2. The standard InChI is InChI=1S/C12H23NO2/c1-2-3-7-11-8-5-4-6-9-13(15)12(14)10-11/h11,15H,2-10H2,1H3. The molecule has 1 fully saturated rings. The maximum Gasteiger partial charge on any atom is 0.246 e. The Hall–Kier alpha value is -0.570. The van der Waals surface area contributed by atoms with Crippen molar-refractivity contribution in [1.82, 2.24) is 5.06 Å². The average molecular weight is 213 g/mol. The predicted octanol–water partition coefficient (Wildman–Crippen LogP) is 2.97. The molecule has 0 bridgehead atoms. The molecule has 1 saturated heterocycles. The van der Waals surface area contributed by atoms with Gasteiger partial charge in [-0.25, -0.2) is 5.06 Å². The second kappa shape index (κ2) is 6.83. The van der Waals surface area contributed by atoms with Crippen molar-refractivity contribution in [1.29, 1.82) is 0 Å². The lowest BCUT2D eigenvalue weighted by atomic mass is 9.93. The fraction of sp³-hybridized carbons (Fsp3) is 0.917. The van der Waals surface area contributed by atoms with Crippen LogP contribution in [0, 0.1) is 5.92 Å². The van der Waals surface area contributed by atoms with Crippen LogP contribution in [0.4, 0.5) is 0 Å². The van der Waals surface area contributed by atoms with Gasteiger partial charge in [0.2, 0.25) is 5.91 Å². The number of carbonyl (C=O) groups is 1. The van der Waals surface area contributed by atoms with Gasteiger partial charge in [0, 0.05) is 13.0 Å². The summed E-state index contributed by atoms with van der Waals surface area (Å²) in [7, 11) is 0. The number of unbranched alkanes of at least 4 members (excludes halogenated alkanes) is 1. The average Bonchev–Trinajstić information content (AvgIpc) is 2.30. The molecule has 3 heteroatoms. The number of nitrogens with zero attached hydrogens (tertiary/aromatic N) is 1. The summed E-state index contributed by atoms with van der Waals surface area (Å²) in [6, 6.07) is 0. The molecule has 1 aliphatic rings. The highest BCUT2D eigenvalue weighted by atomic mass is 16.5. The number of amides is 1. The van der Waals surface area contributed by atoms with E-state index in [1.165, 1.54) is 19.3 Å². The molecule has 1 amide bonds. The van der Waals surface area contributed by atoms with E-state index in [1.807, 2.05) is 0 Å². The predicted molar refractivity (Wildman–Crippen MR) is 59.6 cm³/mol. The number of rotatable bonds is 3. The van der Waals surface area contributed by atoms with Crippen LogP contribution in [0.15, 0.2) is 0 Å². The summed E-state index contributed by atoms with van der Waals surface area (Å²) in [5.41, 5.74) is 0. The van der Waals surface area contributed by atoms with Crippen LogP contribution in [0.5, 0.6) is 0 Å². The van der Waals surface area contributed by atoms with Gasteiger partial charge in [-0.2, -0.15) is 0 Å². The maximum atomic E-state index is 11.6. The first-order chi connectivity index (χ1) is 7.24. The van der Waals surface area contributed by atoms with Crippen LogP contribution in [0.2, 0.25) is 0 Å². The lowest BCUT2D eigenvalue weighted by Gasteiger charge is -2.17. The summed E-state index contributed by atoms with van der Waals surface area (Å²) in [6.45, 7) is 2.69. The molecule has 1 heterocycles. The molecule has 0 radical (unpaired) electrons. The molecule has 0 aromatic carbocycles. The van der Waals surface area contributed by atoms with E-state index in [0.29, 0.717) is 18.9 Å². The van der Waals surface area contributed by atoms with Crippen molar-refractivity contribution in [3.63, 3.8) is 0 Å². The zero-order valence-corrected chi connectivity index (χ0v) is 9.74. The Morgan fingerprint density at radius 1 is 1.40 bits per heavy atom. The Kier molecular flexibility index (Phi) is 5.69. The van der Waals surface area contributed by atoms with Crippen molar-refractivity contribution in [3.05, 3.63) is 0 Å². The monoisotopic (exact) mass is 213 g/mol. The van der Waals surface area contributed by atoms with Gasteiger partial charge >= 0.3 is 0 Å². The molecule has 0 aliphatic carbocycles. The van der Waals surface area contributed by atoms with Gasteiger partial charge in [-0.15, -0.1) is 0 Å². The van der Waals surface area contributed by atoms with E-state index in [9.17, 15) is 10.0 Å². The number of hydroxylamine groups is 2. The Bertz CT molecular complexity index is 194. The van der Waals surface area contributed by atoms with Crippen LogP contribution in [-0.4, -0.2) is 22.7 Å². The first-order valence-electron chi connectivity index (χ1n) is 6.23. The highest BCUT2D eigenvalue weighted by Gasteiger charge is 2.19. The van der Waals surface area contributed by atoms with Crippen molar-refractivity contribution in [3.8, 4) is 0 Å². The molecule has 1 N–H and O–H groups in total. The molecule has 88 valence electrons. The molecule has 15 heavy (non-hydrogen) atoms. The van der Waals surface area contributed by atoms with E-state index in [0.717, 1.165) is 30.7 Å². The van der Waals surface area contributed by atoms with Crippen molar-refractivity contribution < 1.29 is 10.0 Å². The molecule has 0 spiro atoms. The van der Waals surface area contributed by atoms with E-state index in [-0.39, 0.29) is 5.91 Å². The number of hydrogen-bond acceptors (Lipinski definition) is 2. The van der Waals surface area contributed by atoms with Gasteiger partial charge < -0.3 is 0 Å². The van der Waals surface area contributed by atoms with Crippen LogP contribution in [-0.2, 0) is 4.79 Å².